The Bertz CT molecular complexity index is 454. The van der Waals surface area contributed by atoms with Crippen LogP contribution in [0.4, 0.5) is 0 Å². The van der Waals surface area contributed by atoms with E-state index in [2.05, 4.69) is 12.1 Å². The molecule has 0 saturated heterocycles. The topological polar surface area (TPSA) is 44.5 Å². The van der Waals surface area contributed by atoms with Crippen LogP contribution in [0.2, 0.25) is 0 Å². The highest BCUT2D eigenvalue weighted by atomic mass is 16.5. The predicted molar refractivity (Wildman–Crippen MR) is 79.9 cm³/mol. The first-order valence-corrected chi connectivity index (χ1v) is 7.82. The summed E-state index contributed by atoms with van der Waals surface area (Å²) in [5.41, 5.74) is 8.97. The SMILES string of the molecule is COc1ccc2c(c1)C(N)C(OCC1CCCC1)CC2. The number of hydrogen-bond acceptors (Lipinski definition) is 3. The second-order valence-corrected chi connectivity index (χ2v) is 6.15. The van der Waals surface area contributed by atoms with Crippen LogP contribution in [0.3, 0.4) is 0 Å². The lowest BCUT2D eigenvalue weighted by Gasteiger charge is -2.32. The first-order chi connectivity index (χ1) is 9.78. The Kier molecular flexibility index (Phi) is 4.27. The highest BCUT2D eigenvalue weighted by Crippen LogP contribution is 2.34. The molecule has 1 aromatic rings. The maximum atomic E-state index is 6.42. The normalized spacial score (nSPS) is 26.5. The van der Waals surface area contributed by atoms with E-state index in [9.17, 15) is 0 Å². The van der Waals surface area contributed by atoms with Gasteiger partial charge in [0.2, 0.25) is 0 Å². The smallest absolute Gasteiger partial charge is 0.119 e. The minimum absolute atomic E-state index is 0.0183. The van der Waals surface area contributed by atoms with Gasteiger partial charge in [0.05, 0.1) is 19.3 Å². The highest BCUT2D eigenvalue weighted by Gasteiger charge is 2.28. The van der Waals surface area contributed by atoms with Crippen molar-refractivity contribution in [2.75, 3.05) is 13.7 Å². The summed E-state index contributed by atoms with van der Waals surface area (Å²) in [7, 11) is 1.70. The van der Waals surface area contributed by atoms with Crippen molar-refractivity contribution in [3.63, 3.8) is 0 Å². The molecular weight excluding hydrogens is 250 g/mol. The fraction of sp³-hybridized carbons (Fsp3) is 0.647. The van der Waals surface area contributed by atoms with Gasteiger partial charge in [0.15, 0.2) is 0 Å². The average molecular weight is 275 g/mol. The number of fused-ring (bicyclic) bond motifs is 1. The Balaban J connectivity index is 1.66. The van der Waals surface area contributed by atoms with E-state index >= 15 is 0 Å². The van der Waals surface area contributed by atoms with Crippen LogP contribution in [0.25, 0.3) is 0 Å². The van der Waals surface area contributed by atoms with E-state index in [1.54, 1.807) is 7.11 Å². The van der Waals surface area contributed by atoms with Gasteiger partial charge < -0.3 is 15.2 Å². The van der Waals surface area contributed by atoms with Crippen LogP contribution in [-0.4, -0.2) is 19.8 Å². The van der Waals surface area contributed by atoms with E-state index < -0.39 is 0 Å². The minimum Gasteiger partial charge on any atom is -0.497 e. The lowest BCUT2D eigenvalue weighted by atomic mass is 9.86. The van der Waals surface area contributed by atoms with Crippen molar-refractivity contribution in [2.45, 2.75) is 50.7 Å². The predicted octanol–water partition coefficient (Wildman–Crippen LogP) is 3.22. The van der Waals surface area contributed by atoms with Crippen LogP contribution in [0.15, 0.2) is 18.2 Å². The van der Waals surface area contributed by atoms with Crippen LogP contribution in [0.1, 0.15) is 49.3 Å². The third-order valence-electron chi connectivity index (χ3n) is 4.83. The van der Waals surface area contributed by atoms with Gasteiger partial charge in [0.1, 0.15) is 5.75 Å². The van der Waals surface area contributed by atoms with Crippen LogP contribution in [0.5, 0.6) is 5.75 Å². The molecule has 3 nitrogen and oxygen atoms in total. The van der Waals surface area contributed by atoms with E-state index in [4.69, 9.17) is 15.2 Å². The van der Waals surface area contributed by atoms with Crippen molar-refractivity contribution in [3.8, 4) is 5.75 Å². The minimum atomic E-state index is -0.0183. The van der Waals surface area contributed by atoms with Gasteiger partial charge in [-0.25, -0.2) is 0 Å². The largest absolute Gasteiger partial charge is 0.497 e. The molecule has 0 spiro atoms. The van der Waals surface area contributed by atoms with E-state index in [0.29, 0.717) is 0 Å². The summed E-state index contributed by atoms with van der Waals surface area (Å²) >= 11 is 0. The summed E-state index contributed by atoms with van der Waals surface area (Å²) in [4.78, 5) is 0. The molecule has 2 aliphatic carbocycles. The molecule has 0 amide bonds. The molecule has 2 aliphatic rings. The number of rotatable bonds is 4. The number of methoxy groups -OCH3 is 1. The van der Waals surface area contributed by atoms with Crippen molar-refractivity contribution < 1.29 is 9.47 Å². The van der Waals surface area contributed by atoms with Gasteiger partial charge in [0.25, 0.3) is 0 Å². The molecule has 0 bridgehead atoms. The zero-order chi connectivity index (χ0) is 13.9. The number of benzene rings is 1. The van der Waals surface area contributed by atoms with Crippen LogP contribution in [0, 0.1) is 5.92 Å². The van der Waals surface area contributed by atoms with Gasteiger partial charge in [-0.1, -0.05) is 18.9 Å². The Morgan fingerprint density at radius 2 is 2.00 bits per heavy atom. The molecule has 2 unspecified atom stereocenters. The van der Waals surface area contributed by atoms with E-state index in [1.807, 2.05) is 6.07 Å². The molecule has 0 aromatic heterocycles. The average Bonchev–Trinajstić information content (AvgIpc) is 3.00. The molecule has 0 radical (unpaired) electrons. The maximum Gasteiger partial charge on any atom is 0.119 e. The van der Waals surface area contributed by atoms with Crippen molar-refractivity contribution in [2.24, 2.45) is 11.7 Å². The number of aryl methyl sites for hydroxylation is 1. The quantitative estimate of drug-likeness (QED) is 0.917. The van der Waals surface area contributed by atoms with Gasteiger partial charge >= 0.3 is 0 Å². The summed E-state index contributed by atoms with van der Waals surface area (Å²) < 4.78 is 11.5. The van der Waals surface area contributed by atoms with E-state index in [1.165, 1.54) is 36.8 Å². The summed E-state index contributed by atoms with van der Waals surface area (Å²) in [6.07, 6.45) is 7.64. The zero-order valence-corrected chi connectivity index (χ0v) is 12.3. The molecule has 110 valence electrons. The van der Waals surface area contributed by atoms with E-state index in [0.717, 1.165) is 31.1 Å². The van der Waals surface area contributed by atoms with Crippen LogP contribution >= 0.6 is 0 Å². The molecule has 2 atom stereocenters. The molecule has 0 heterocycles. The third-order valence-corrected chi connectivity index (χ3v) is 4.83. The summed E-state index contributed by atoms with van der Waals surface area (Å²) in [6, 6.07) is 6.22. The van der Waals surface area contributed by atoms with E-state index in [-0.39, 0.29) is 12.1 Å². The molecule has 1 saturated carbocycles. The zero-order valence-electron chi connectivity index (χ0n) is 12.3. The first-order valence-electron chi connectivity index (χ1n) is 7.82. The van der Waals surface area contributed by atoms with Gasteiger partial charge in [-0.3, -0.25) is 0 Å². The Morgan fingerprint density at radius 3 is 2.75 bits per heavy atom. The molecule has 3 heteroatoms. The molecule has 1 aromatic carbocycles. The lowest BCUT2D eigenvalue weighted by molar-refractivity contribution is 0.00573. The molecule has 20 heavy (non-hydrogen) atoms. The number of hydrogen-bond donors (Lipinski definition) is 1. The fourth-order valence-electron chi connectivity index (χ4n) is 3.54. The highest BCUT2D eigenvalue weighted by molar-refractivity contribution is 5.39. The maximum absolute atomic E-state index is 6.42. The van der Waals surface area contributed by atoms with Crippen molar-refractivity contribution in [1.82, 2.24) is 0 Å². The summed E-state index contributed by atoms with van der Waals surface area (Å²) in [5, 5.41) is 0. The fourth-order valence-corrected chi connectivity index (χ4v) is 3.54. The Hall–Kier alpha value is -1.06. The van der Waals surface area contributed by atoms with Crippen LogP contribution in [-0.2, 0) is 11.2 Å². The molecule has 3 rings (SSSR count). The Morgan fingerprint density at radius 1 is 1.20 bits per heavy atom. The van der Waals surface area contributed by atoms with Gasteiger partial charge in [-0.15, -0.1) is 0 Å². The second-order valence-electron chi connectivity index (χ2n) is 6.15. The number of ether oxygens (including phenoxy) is 2. The molecule has 0 aliphatic heterocycles. The Labute approximate surface area is 121 Å². The van der Waals surface area contributed by atoms with Crippen molar-refractivity contribution >= 4 is 0 Å². The standard InChI is InChI=1S/C17H25NO2/c1-19-14-8-6-13-7-9-16(17(18)15(13)10-14)20-11-12-4-2-3-5-12/h6,8,10,12,16-17H,2-5,7,9,11,18H2,1H3. The second kappa shape index (κ2) is 6.15. The number of nitrogens with two attached hydrogens (primary N) is 1. The lowest BCUT2D eigenvalue weighted by Crippen LogP contribution is -2.34. The van der Waals surface area contributed by atoms with Crippen LogP contribution < -0.4 is 10.5 Å². The summed E-state index contributed by atoms with van der Waals surface area (Å²) in [5.74, 6) is 1.64. The van der Waals surface area contributed by atoms with Gasteiger partial charge in [-0.2, -0.15) is 0 Å². The third kappa shape index (κ3) is 2.84. The van der Waals surface area contributed by atoms with Crippen molar-refractivity contribution in [1.29, 1.82) is 0 Å². The monoisotopic (exact) mass is 275 g/mol. The molecular formula is C17H25NO2. The molecule has 1 fully saturated rings. The van der Waals surface area contributed by atoms with Gasteiger partial charge in [0, 0.05) is 6.61 Å². The first kappa shape index (κ1) is 13.9. The molecule has 2 N–H and O–H groups in total. The summed E-state index contributed by atoms with van der Waals surface area (Å²) in [6.45, 7) is 0.887. The van der Waals surface area contributed by atoms with Gasteiger partial charge in [-0.05, 0) is 54.9 Å². The van der Waals surface area contributed by atoms with Crippen molar-refractivity contribution in [3.05, 3.63) is 29.3 Å².